The van der Waals surface area contributed by atoms with Crippen LogP contribution < -0.4 is 9.47 Å². The van der Waals surface area contributed by atoms with Crippen LogP contribution in [0.4, 0.5) is 0 Å². The van der Waals surface area contributed by atoms with Crippen LogP contribution in [0.1, 0.15) is 47.5 Å². The summed E-state index contributed by atoms with van der Waals surface area (Å²) >= 11 is 0. The maximum atomic E-state index is 10.5. The predicted molar refractivity (Wildman–Crippen MR) is 118 cm³/mol. The molecule has 2 aromatic carbocycles. The van der Waals surface area contributed by atoms with Crippen molar-refractivity contribution in [3.05, 3.63) is 60.7 Å². The molecule has 0 aromatic heterocycles. The molecule has 4 heteroatoms. The monoisotopic (exact) mass is 400 g/mol. The molecule has 4 nitrogen and oxygen atoms in total. The lowest BCUT2D eigenvalue weighted by molar-refractivity contribution is -0.118. The first kappa shape index (κ1) is 23.2. The summed E-state index contributed by atoms with van der Waals surface area (Å²) in [6.45, 7) is 11.3. The van der Waals surface area contributed by atoms with Crippen molar-refractivity contribution in [2.24, 2.45) is 5.41 Å². The van der Waals surface area contributed by atoms with Gasteiger partial charge in [-0.05, 0) is 49.9 Å². The van der Waals surface area contributed by atoms with Crippen molar-refractivity contribution in [2.45, 2.75) is 65.3 Å². The lowest BCUT2D eigenvalue weighted by Crippen LogP contribution is -2.39. The molecule has 0 aliphatic heterocycles. The van der Waals surface area contributed by atoms with Crippen LogP contribution in [0.2, 0.25) is 0 Å². The van der Waals surface area contributed by atoms with Gasteiger partial charge in [-0.25, -0.2) is 0 Å². The molecule has 0 saturated heterocycles. The van der Waals surface area contributed by atoms with E-state index in [2.05, 4.69) is 20.8 Å². The summed E-state index contributed by atoms with van der Waals surface area (Å²) in [5.41, 5.74) is -0.398. The molecule has 2 atom stereocenters. The van der Waals surface area contributed by atoms with E-state index in [1.54, 1.807) is 0 Å². The molecule has 2 unspecified atom stereocenters. The molecule has 0 bridgehead atoms. The molecule has 0 saturated carbocycles. The van der Waals surface area contributed by atoms with Crippen LogP contribution in [0, 0.1) is 5.41 Å². The predicted octanol–water partition coefficient (Wildman–Crippen LogP) is 5.50. The first-order valence-electron chi connectivity index (χ1n) is 10.3. The van der Waals surface area contributed by atoms with Crippen molar-refractivity contribution in [1.82, 2.24) is 0 Å². The SMILES string of the molecule is CC(C)(C)CC(COc1ccccc1)OC(C)(C)CC(O)COc1ccccc1. The van der Waals surface area contributed by atoms with E-state index in [9.17, 15) is 5.11 Å². The lowest BCUT2D eigenvalue weighted by Gasteiger charge is -2.35. The Hall–Kier alpha value is -2.04. The molecular formula is C25H36O4. The van der Waals surface area contributed by atoms with Gasteiger partial charge in [-0.3, -0.25) is 0 Å². The first-order chi connectivity index (χ1) is 13.6. The van der Waals surface area contributed by atoms with Crippen LogP contribution in [0.25, 0.3) is 0 Å². The minimum absolute atomic E-state index is 0.0764. The molecule has 0 spiro atoms. The normalized spacial score (nSPS) is 14.3. The van der Waals surface area contributed by atoms with Crippen molar-refractivity contribution in [1.29, 1.82) is 0 Å². The highest BCUT2D eigenvalue weighted by Crippen LogP contribution is 2.28. The van der Waals surface area contributed by atoms with Crippen LogP contribution >= 0.6 is 0 Å². The molecule has 2 aromatic rings. The van der Waals surface area contributed by atoms with E-state index in [0.29, 0.717) is 13.0 Å². The molecule has 0 amide bonds. The van der Waals surface area contributed by atoms with Crippen LogP contribution in [0.3, 0.4) is 0 Å². The van der Waals surface area contributed by atoms with Gasteiger partial charge in [0.25, 0.3) is 0 Å². The van der Waals surface area contributed by atoms with E-state index < -0.39 is 11.7 Å². The van der Waals surface area contributed by atoms with Crippen LogP contribution in [0.5, 0.6) is 11.5 Å². The molecular weight excluding hydrogens is 364 g/mol. The fourth-order valence-electron chi connectivity index (χ4n) is 3.36. The fourth-order valence-corrected chi connectivity index (χ4v) is 3.36. The van der Waals surface area contributed by atoms with Crippen molar-refractivity contribution in [2.75, 3.05) is 13.2 Å². The number of hydrogen-bond donors (Lipinski definition) is 1. The van der Waals surface area contributed by atoms with Crippen LogP contribution in [0.15, 0.2) is 60.7 Å². The zero-order valence-electron chi connectivity index (χ0n) is 18.4. The summed E-state index contributed by atoms with van der Waals surface area (Å²) in [7, 11) is 0. The van der Waals surface area contributed by atoms with Crippen molar-refractivity contribution >= 4 is 0 Å². The summed E-state index contributed by atoms with van der Waals surface area (Å²) in [5.74, 6) is 1.59. The second kappa shape index (κ2) is 10.7. The maximum absolute atomic E-state index is 10.5. The van der Waals surface area contributed by atoms with E-state index in [4.69, 9.17) is 14.2 Å². The largest absolute Gasteiger partial charge is 0.491 e. The number of aliphatic hydroxyl groups is 1. The molecule has 160 valence electrons. The van der Waals surface area contributed by atoms with Crippen LogP contribution in [-0.4, -0.2) is 36.1 Å². The quantitative estimate of drug-likeness (QED) is 0.541. The molecule has 0 aliphatic carbocycles. The number of ether oxygens (including phenoxy) is 3. The van der Waals surface area contributed by atoms with Gasteiger partial charge >= 0.3 is 0 Å². The molecule has 1 N–H and O–H groups in total. The Morgan fingerprint density at radius 3 is 1.69 bits per heavy atom. The fraction of sp³-hybridized carbons (Fsp3) is 0.520. The average Bonchev–Trinajstić information content (AvgIpc) is 2.64. The molecule has 0 radical (unpaired) electrons. The van der Waals surface area contributed by atoms with Gasteiger partial charge in [-0.2, -0.15) is 0 Å². The number of rotatable bonds is 11. The Kier molecular flexibility index (Phi) is 8.54. The second-order valence-corrected chi connectivity index (χ2v) is 9.37. The molecule has 29 heavy (non-hydrogen) atoms. The van der Waals surface area contributed by atoms with Crippen molar-refractivity contribution < 1.29 is 19.3 Å². The Morgan fingerprint density at radius 1 is 0.724 bits per heavy atom. The number of benzene rings is 2. The van der Waals surface area contributed by atoms with Gasteiger partial charge in [0.1, 0.15) is 24.7 Å². The average molecular weight is 401 g/mol. The van der Waals surface area contributed by atoms with Crippen molar-refractivity contribution in [3.63, 3.8) is 0 Å². The van der Waals surface area contributed by atoms with Gasteiger partial charge < -0.3 is 19.3 Å². The third-order valence-corrected chi connectivity index (χ3v) is 4.42. The molecule has 0 heterocycles. The van der Waals surface area contributed by atoms with E-state index in [1.807, 2.05) is 74.5 Å². The number of para-hydroxylation sites is 2. The summed E-state index contributed by atoms with van der Waals surface area (Å²) in [6.07, 6.45) is 0.647. The third-order valence-electron chi connectivity index (χ3n) is 4.42. The summed E-state index contributed by atoms with van der Waals surface area (Å²) in [5, 5.41) is 10.5. The summed E-state index contributed by atoms with van der Waals surface area (Å²) < 4.78 is 18.1. The Bertz CT molecular complexity index is 692. The smallest absolute Gasteiger partial charge is 0.119 e. The maximum Gasteiger partial charge on any atom is 0.119 e. The zero-order valence-corrected chi connectivity index (χ0v) is 18.4. The van der Waals surface area contributed by atoms with Gasteiger partial charge in [-0.15, -0.1) is 0 Å². The minimum Gasteiger partial charge on any atom is -0.491 e. The minimum atomic E-state index is -0.615. The van der Waals surface area contributed by atoms with Crippen LogP contribution in [-0.2, 0) is 4.74 Å². The van der Waals surface area contributed by atoms with Gasteiger partial charge in [-0.1, -0.05) is 57.2 Å². The summed E-state index contributed by atoms with van der Waals surface area (Å²) in [6, 6.07) is 19.3. The lowest BCUT2D eigenvalue weighted by atomic mass is 9.89. The zero-order chi connectivity index (χ0) is 21.3. The van der Waals surface area contributed by atoms with Gasteiger partial charge in [0, 0.05) is 6.42 Å². The summed E-state index contributed by atoms with van der Waals surface area (Å²) in [4.78, 5) is 0. The molecule has 0 fully saturated rings. The van der Waals surface area contributed by atoms with Crippen molar-refractivity contribution in [3.8, 4) is 11.5 Å². The van der Waals surface area contributed by atoms with E-state index in [-0.39, 0.29) is 18.1 Å². The Labute approximate surface area is 175 Å². The van der Waals surface area contributed by atoms with E-state index in [0.717, 1.165) is 17.9 Å². The standard InChI is InChI=1S/C25H36O4/c1-24(2,3)17-23(19-28-22-14-10-7-11-15-22)29-25(4,5)16-20(26)18-27-21-12-8-6-9-13-21/h6-15,20,23,26H,16-19H2,1-5H3. The van der Waals surface area contributed by atoms with Gasteiger partial charge in [0.2, 0.25) is 0 Å². The molecule has 2 rings (SSSR count). The van der Waals surface area contributed by atoms with Gasteiger partial charge in [0.05, 0.1) is 17.8 Å². The van der Waals surface area contributed by atoms with Gasteiger partial charge in [0.15, 0.2) is 0 Å². The second-order valence-electron chi connectivity index (χ2n) is 9.37. The number of hydrogen-bond acceptors (Lipinski definition) is 4. The van der Waals surface area contributed by atoms with E-state index >= 15 is 0 Å². The van der Waals surface area contributed by atoms with E-state index in [1.165, 1.54) is 0 Å². The topological polar surface area (TPSA) is 47.9 Å². The molecule has 0 aliphatic rings. The Balaban J connectivity index is 1.90. The number of aliphatic hydroxyl groups excluding tert-OH is 1. The third kappa shape index (κ3) is 9.82. The Morgan fingerprint density at radius 2 is 1.21 bits per heavy atom. The highest BCUT2D eigenvalue weighted by Gasteiger charge is 2.30. The first-order valence-corrected chi connectivity index (χ1v) is 10.3. The highest BCUT2D eigenvalue weighted by molar-refractivity contribution is 5.21. The highest BCUT2D eigenvalue weighted by atomic mass is 16.5.